The zero-order valence-electron chi connectivity index (χ0n) is 15.1. The fraction of sp³-hybridized carbons (Fsp3) is 0.286. The summed E-state index contributed by atoms with van der Waals surface area (Å²) in [5.41, 5.74) is 2.31. The summed E-state index contributed by atoms with van der Waals surface area (Å²) in [5, 5.41) is -0.802. The van der Waals surface area contributed by atoms with Crippen molar-refractivity contribution in [3.63, 3.8) is 0 Å². The average Bonchev–Trinajstić information content (AvgIpc) is 2.70. The van der Waals surface area contributed by atoms with E-state index in [2.05, 4.69) is 29.2 Å². The Labute approximate surface area is 167 Å². The Balaban J connectivity index is 1.74. The van der Waals surface area contributed by atoms with E-state index < -0.39 is 17.0 Å². The van der Waals surface area contributed by atoms with Crippen molar-refractivity contribution < 1.29 is 18.0 Å². The van der Waals surface area contributed by atoms with Crippen LogP contribution in [-0.2, 0) is 4.79 Å². The van der Waals surface area contributed by atoms with Gasteiger partial charge in [-0.2, -0.15) is 13.2 Å². The molecule has 1 aliphatic heterocycles. The minimum absolute atomic E-state index is 0.0563. The van der Waals surface area contributed by atoms with Crippen LogP contribution in [0.4, 0.5) is 13.2 Å². The normalized spacial score (nSPS) is 16.5. The minimum Gasteiger partial charge on any atom is -0.373 e. The number of Topliss-reactive ketones (excluding diaryl/α,β-unsaturated/α-hetero) is 1. The maximum atomic E-state index is 12.5. The molecule has 1 saturated heterocycles. The molecule has 28 heavy (non-hydrogen) atoms. The Morgan fingerprint density at radius 2 is 1.36 bits per heavy atom. The van der Waals surface area contributed by atoms with Crippen molar-refractivity contribution in [3.05, 3.63) is 83.0 Å². The summed E-state index contributed by atoms with van der Waals surface area (Å²) in [6.07, 6.45) is -3.85. The molecule has 0 saturated carbocycles. The van der Waals surface area contributed by atoms with Crippen LogP contribution in [0.15, 0.2) is 71.9 Å². The quantitative estimate of drug-likeness (QED) is 0.675. The Kier molecular flexibility index (Phi) is 6.42. The lowest BCUT2D eigenvalue weighted by Gasteiger charge is -2.39. The number of carbonyl (C=O) groups excluding carboxylic acids is 1. The number of piperazine rings is 1. The molecule has 7 heteroatoms. The van der Waals surface area contributed by atoms with Gasteiger partial charge in [0.15, 0.2) is 0 Å². The van der Waals surface area contributed by atoms with Crippen LogP contribution < -0.4 is 0 Å². The van der Waals surface area contributed by atoms with Crippen molar-refractivity contribution in [3.8, 4) is 0 Å². The molecule has 0 atom stereocenters. The van der Waals surface area contributed by atoms with E-state index in [1.54, 1.807) is 4.90 Å². The van der Waals surface area contributed by atoms with Gasteiger partial charge in [0, 0.05) is 32.4 Å². The number of carbonyl (C=O) groups is 1. The van der Waals surface area contributed by atoms with Crippen molar-refractivity contribution in [1.29, 1.82) is 0 Å². The average molecular weight is 409 g/mol. The number of alkyl halides is 3. The highest BCUT2D eigenvalue weighted by Crippen LogP contribution is 2.30. The summed E-state index contributed by atoms with van der Waals surface area (Å²) in [5.74, 6) is -2.01. The van der Waals surface area contributed by atoms with Gasteiger partial charge in [0.2, 0.25) is 0 Å². The topological polar surface area (TPSA) is 23.6 Å². The largest absolute Gasteiger partial charge is 0.455 e. The van der Waals surface area contributed by atoms with Gasteiger partial charge in [-0.05, 0) is 11.1 Å². The molecule has 3 nitrogen and oxygen atoms in total. The van der Waals surface area contributed by atoms with Gasteiger partial charge in [-0.1, -0.05) is 72.3 Å². The summed E-state index contributed by atoms with van der Waals surface area (Å²) in [7, 11) is 0. The molecule has 1 heterocycles. The smallest absolute Gasteiger partial charge is 0.373 e. The Bertz CT molecular complexity index is 777. The second kappa shape index (κ2) is 8.80. The third kappa shape index (κ3) is 4.94. The molecule has 0 unspecified atom stereocenters. The molecule has 0 amide bonds. The van der Waals surface area contributed by atoms with E-state index >= 15 is 0 Å². The first-order valence-corrected chi connectivity index (χ1v) is 9.31. The van der Waals surface area contributed by atoms with Gasteiger partial charge >= 0.3 is 6.18 Å². The summed E-state index contributed by atoms with van der Waals surface area (Å²) in [6, 6.07) is 20.2. The predicted octanol–water partition coefficient (Wildman–Crippen LogP) is 4.61. The number of benzene rings is 2. The maximum absolute atomic E-state index is 12.5. The van der Waals surface area contributed by atoms with Crippen molar-refractivity contribution in [2.75, 3.05) is 26.2 Å². The molecule has 0 bridgehead atoms. The SMILES string of the molecule is O=C(C(Cl)=CN1CCN(C(c2ccccc2)c2ccccc2)CC1)C(F)(F)F. The summed E-state index contributed by atoms with van der Waals surface area (Å²) in [6.45, 7) is 2.24. The molecule has 0 N–H and O–H groups in total. The summed E-state index contributed by atoms with van der Waals surface area (Å²) in [4.78, 5) is 15.2. The first kappa shape index (κ1) is 20.4. The molecular formula is C21H20ClF3N2O. The molecule has 1 aliphatic rings. The molecule has 0 spiro atoms. The summed E-state index contributed by atoms with van der Waals surface area (Å²) >= 11 is 5.58. The highest BCUT2D eigenvalue weighted by atomic mass is 35.5. The number of allylic oxidation sites excluding steroid dienone is 1. The second-order valence-corrected chi connectivity index (χ2v) is 7.01. The lowest BCUT2D eigenvalue weighted by molar-refractivity contribution is -0.165. The van der Waals surface area contributed by atoms with E-state index in [9.17, 15) is 18.0 Å². The van der Waals surface area contributed by atoms with Crippen LogP contribution in [0.3, 0.4) is 0 Å². The zero-order chi connectivity index (χ0) is 20.1. The van der Waals surface area contributed by atoms with E-state index in [0.717, 1.165) is 17.3 Å². The predicted molar refractivity (Wildman–Crippen MR) is 103 cm³/mol. The Hall–Kier alpha value is -2.31. The standard InChI is InChI=1S/C21H20ClF3N2O/c22-18(20(28)21(23,24)25)15-26-11-13-27(14-12-26)19(16-7-3-1-4-8-16)17-9-5-2-6-10-17/h1-10,15,19H,11-14H2. The highest BCUT2D eigenvalue weighted by molar-refractivity contribution is 6.43. The first-order chi connectivity index (χ1) is 13.4. The highest BCUT2D eigenvalue weighted by Gasteiger charge is 2.40. The first-order valence-electron chi connectivity index (χ1n) is 8.93. The van der Waals surface area contributed by atoms with Crippen LogP contribution in [0.1, 0.15) is 17.2 Å². The molecule has 2 aromatic rings. The molecule has 148 valence electrons. The van der Waals surface area contributed by atoms with E-state index in [1.807, 2.05) is 36.4 Å². The van der Waals surface area contributed by atoms with Gasteiger partial charge in [0.1, 0.15) is 5.03 Å². The second-order valence-electron chi connectivity index (χ2n) is 6.60. The lowest BCUT2D eigenvalue weighted by Crippen LogP contribution is -2.46. The molecule has 1 fully saturated rings. The zero-order valence-corrected chi connectivity index (χ0v) is 15.8. The molecule has 0 radical (unpaired) electrons. The number of ketones is 1. The van der Waals surface area contributed by atoms with E-state index in [1.165, 1.54) is 0 Å². The minimum atomic E-state index is -4.96. The van der Waals surface area contributed by atoms with Crippen LogP contribution in [0.5, 0.6) is 0 Å². The van der Waals surface area contributed by atoms with E-state index in [4.69, 9.17) is 11.6 Å². The van der Waals surface area contributed by atoms with Crippen molar-refractivity contribution >= 4 is 17.4 Å². The molecular weight excluding hydrogens is 389 g/mol. The number of halogens is 4. The van der Waals surface area contributed by atoms with Crippen LogP contribution in [0.2, 0.25) is 0 Å². The fourth-order valence-electron chi connectivity index (χ4n) is 3.36. The maximum Gasteiger partial charge on any atom is 0.455 e. The van der Waals surface area contributed by atoms with Gasteiger partial charge in [-0.25, -0.2) is 0 Å². The van der Waals surface area contributed by atoms with Crippen LogP contribution in [-0.4, -0.2) is 47.9 Å². The number of rotatable bonds is 5. The van der Waals surface area contributed by atoms with Crippen LogP contribution in [0, 0.1) is 0 Å². The molecule has 0 aromatic heterocycles. The Morgan fingerprint density at radius 1 is 0.893 bits per heavy atom. The third-order valence-corrected chi connectivity index (χ3v) is 4.98. The molecule has 3 rings (SSSR count). The van der Waals surface area contributed by atoms with Gasteiger partial charge in [-0.3, -0.25) is 9.69 Å². The van der Waals surface area contributed by atoms with Gasteiger partial charge < -0.3 is 4.90 Å². The van der Waals surface area contributed by atoms with Crippen LogP contribution in [0.25, 0.3) is 0 Å². The lowest BCUT2D eigenvalue weighted by atomic mass is 9.96. The van der Waals surface area contributed by atoms with Gasteiger partial charge in [0.05, 0.1) is 6.04 Å². The number of hydrogen-bond acceptors (Lipinski definition) is 3. The van der Waals surface area contributed by atoms with Gasteiger partial charge in [0.25, 0.3) is 5.78 Å². The van der Waals surface area contributed by atoms with Crippen molar-refractivity contribution in [2.24, 2.45) is 0 Å². The monoisotopic (exact) mass is 408 g/mol. The fourth-order valence-corrected chi connectivity index (χ4v) is 3.61. The summed E-state index contributed by atoms with van der Waals surface area (Å²) < 4.78 is 37.5. The van der Waals surface area contributed by atoms with Crippen LogP contribution >= 0.6 is 11.6 Å². The molecule has 2 aromatic carbocycles. The van der Waals surface area contributed by atoms with Gasteiger partial charge in [-0.15, -0.1) is 0 Å². The van der Waals surface area contributed by atoms with E-state index in [0.29, 0.717) is 26.2 Å². The third-order valence-electron chi connectivity index (χ3n) is 4.71. The van der Waals surface area contributed by atoms with Crippen molar-refractivity contribution in [1.82, 2.24) is 9.80 Å². The number of nitrogens with zero attached hydrogens (tertiary/aromatic N) is 2. The van der Waals surface area contributed by atoms with E-state index in [-0.39, 0.29) is 6.04 Å². The Morgan fingerprint density at radius 3 is 1.79 bits per heavy atom. The number of hydrogen-bond donors (Lipinski definition) is 0. The van der Waals surface area contributed by atoms with Crippen molar-refractivity contribution in [2.45, 2.75) is 12.2 Å². The molecule has 0 aliphatic carbocycles.